The summed E-state index contributed by atoms with van der Waals surface area (Å²) in [5.41, 5.74) is 0. The van der Waals surface area contributed by atoms with Gasteiger partial charge in [-0.2, -0.15) is 0 Å². The molecule has 88 valence electrons. The summed E-state index contributed by atoms with van der Waals surface area (Å²) >= 11 is 0. The molecule has 1 rings (SSSR count). The first-order valence-corrected chi connectivity index (χ1v) is 5.68. The molecule has 3 unspecified atom stereocenters. The lowest BCUT2D eigenvalue weighted by Crippen LogP contribution is -2.44. The quantitative estimate of drug-likeness (QED) is 0.709. The van der Waals surface area contributed by atoms with E-state index in [2.05, 4.69) is 12.2 Å². The molecular formula is C11H21NO3. The second-order valence-electron chi connectivity index (χ2n) is 4.04. The van der Waals surface area contributed by atoms with Crippen molar-refractivity contribution in [1.82, 2.24) is 5.32 Å². The zero-order chi connectivity index (χ0) is 11.3. The molecule has 0 bridgehead atoms. The van der Waals surface area contributed by atoms with Crippen molar-refractivity contribution < 1.29 is 14.3 Å². The van der Waals surface area contributed by atoms with Crippen LogP contribution in [0.25, 0.3) is 0 Å². The van der Waals surface area contributed by atoms with Crippen LogP contribution in [0.1, 0.15) is 27.2 Å². The summed E-state index contributed by atoms with van der Waals surface area (Å²) in [6, 6.07) is 0. The Kier molecular flexibility index (Phi) is 5.05. The van der Waals surface area contributed by atoms with Gasteiger partial charge in [0.05, 0.1) is 12.7 Å². The standard InChI is InChI=1S/C11H21NO3/c1-4-14-11(13)9(3)15-10-7-12-6-5-8(10)2/h8-10,12H,4-7H2,1-3H3. The van der Waals surface area contributed by atoms with Gasteiger partial charge in [0.2, 0.25) is 0 Å². The maximum absolute atomic E-state index is 11.4. The highest BCUT2D eigenvalue weighted by Crippen LogP contribution is 2.16. The Bertz CT molecular complexity index is 208. The van der Waals surface area contributed by atoms with Gasteiger partial charge in [0.1, 0.15) is 0 Å². The topological polar surface area (TPSA) is 47.6 Å². The van der Waals surface area contributed by atoms with E-state index < -0.39 is 6.10 Å². The van der Waals surface area contributed by atoms with Crippen LogP contribution < -0.4 is 5.32 Å². The van der Waals surface area contributed by atoms with Crippen molar-refractivity contribution in [2.24, 2.45) is 5.92 Å². The highest BCUT2D eigenvalue weighted by molar-refractivity contribution is 5.74. The van der Waals surface area contributed by atoms with E-state index in [1.165, 1.54) is 0 Å². The van der Waals surface area contributed by atoms with Crippen molar-refractivity contribution in [3.63, 3.8) is 0 Å². The van der Waals surface area contributed by atoms with Crippen molar-refractivity contribution >= 4 is 5.97 Å². The number of carbonyl (C=O) groups excluding carboxylic acids is 1. The lowest BCUT2D eigenvalue weighted by Gasteiger charge is -2.31. The van der Waals surface area contributed by atoms with Crippen LogP contribution in [0.2, 0.25) is 0 Å². The number of nitrogens with one attached hydrogen (secondary N) is 1. The number of ether oxygens (including phenoxy) is 2. The smallest absolute Gasteiger partial charge is 0.334 e. The molecule has 0 amide bonds. The third kappa shape index (κ3) is 3.80. The molecule has 1 fully saturated rings. The Morgan fingerprint density at radius 3 is 2.93 bits per heavy atom. The van der Waals surface area contributed by atoms with E-state index in [9.17, 15) is 4.79 Å². The molecule has 0 aromatic rings. The first-order chi connectivity index (χ1) is 7.15. The molecule has 3 atom stereocenters. The molecule has 1 saturated heterocycles. The van der Waals surface area contributed by atoms with Gasteiger partial charge < -0.3 is 14.8 Å². The van der Waals surface area contributed by atoms with Gasteiger partial charge in [0.15, 0.2) is 6.10 Å². The van der Waals surface area contributed by atoms with Crippen molar-refractivity contribution in [2.75, 3.05) is 19.7 Å². The van der Waals surface area contributed by atoms with E-state index in [4.69, 9.17) is 9.47 Å². The fourth-order valence-electron chi connectivity index (χ4n) is 1.72. The van der Waals surface area contributed by atoms with Crippen LogP contribution in [0, 0.1) is 5.92 Å². The van der Waals surface area contributed by atoms with Crippen LogP contribution in [-0.4, -0.2) is 37.9 Å². The van der Waals surface area contributed by atoms with Gasteiger partial charge in [0, 0.05) is 6.54 Å². The third-order valence-electron chi connectivity index (χ3n) is 2.75. The monoisotopic (exact) mass is 215 g/mol. The first-order valence-electron chi connectivity index (χ1n) is 5.68. The number of rotatable bonds is 4. The largest absolute Gasteiger partial charge is 0.464 e. The van der Waals surface area contributed by atoms with Crippen molar-refractivity contribution in [1.29, 1.82) is 0 Å². The maximum atomic E-state index is 11.4. The van der Waals surface area contributed by atoms with Crippen molar-refractivity contribution in [3.05, 3.63) is 0 Å². The molecule has 0 aromatic heterocycles. The number of piperidine rings is 1. The third-order valence-corrected chi connectivity index (χ3v) is 2.75. The molecule has 0 radical (unpaired) electrons. The number of carbonyl (C=O) groups is 1. The molecule has 4 heteroatoms. The SMILES string of the molecule is CCOC(=O)C(C)OC1CNCCC1C. The van der Waals surface area contributed by atoms with Crippen LogP contribution in [0.5, 0.6) is 0 Å². The predicted molar refractivity (Wildman–Crippen MR) is 57.6 cm³/mol. The Morgan fingerprint density at radius 2 is 2.33 bits per heavy atom. The van der Waals surface area contributed by atoms with E-state index >= 15 is 0 Å². The molecule has 1 aliphatic heterocycles. The number of hydrogen-bond donors (Lipinski definition) is 1. The number of esters is 1. The predicted octanol–water partition coefficient (Wildman–Crippen LogP) is 0.953. The molecule has 1 aliphatic rings. The van der Waals surface area contributed by atoms with E-state index in [0.29, 0.717) is 12.5 Å². The maximum Gasteiger partial charge on any atom is 0.334 e. The van der Waals surface area contributed by atoms with E-state index in [1.807, 2.05) is 0 Å². The molecule has 1 heterocycles. The summed E-state index contributed by atoms with van der Waals surface area (Å²) in [6.45, 7) is 7.98. The minimum Gasteiger partial charge on any atom is -0.464 e. The van der Waals surface area contributed by atoms with Crippen LogP contribution in [0.4, 0.5) is 0 Å². The summed E-state index contributed by atoms with van der Waals surface area (Å²) in [7, 11) is 0. The van der Waals surface area contributed by atoms with E-state index in [-0.39, 0.29) is 12.1 Å². The summed E-state index contributed by atoms with van der Waals surface area (Å²) in [5, 5.41) is 3.26. The van der Waals surface area contributed by atoms with Crippen molar-refractivity contribution in [2.45, 2.75) is 39.4 Å². The Morgan fingerprint density at radius 1 is 1.60 bits per heavy atom. The molecule has 0 spiro atoms. The highest BCUT2D eigenvalue weighted by atomic mass is 16.6. The second kappa shape index (κ2) is 6.08. The zero-order valence-electron chi connectivity index (χ0n) is 9.79. The first kappa shape index (κ1) is 12.5. The zero-order valence-corrected chi connectivity index (χ0v) is 9.79. The summed E-state index contributed by atoms with van der Waals surface area (Å²) in [4.78, 5) is 11.4. The van der Waals surface area contributed by atoms with Gasteiger partial charge in [0.25, 0.3) is 0 Å². The minimum atomic E-state index is -0.461. The molecular weight excluding hydrogens is 194 g/mol. The highest BCUT2D eigenvalue weighted by Gasteiger charge is 2.26. The molecule has 0 aliphatic carbocycles. The van der Waals surface area contributed by atoms with Gasteiger partial charge in [-0.1, -0.05) is 6.92 Å². The Hall–Kier alpha value is -0.610. The average molecular weight is 215 g/mol. The Balaban J connectivity index is 2.35. The lowest BCUT2D eigenvalue weighted by atomic mass is 9.97. The molecule has 1 N–H and O–H groups in total. The van der Waals surface area contributed by atoms with Crippen LogP contribution >= 0.6 is 0 Å². The summed E-state index contributed by atoms with van der Waals surface area (Å²) < 4.78 is 10.6. The fourth-order valence-corrected chi connectivity index (χ4v) is 1.72. The van der Waals surface area contributed by atoms with E-state index in [1.54, 1.807) is 13.8 Å². The average Bonchev–Trinajstić information content (AvgIpc) is 2.21. The fraction of sp³-hybridized carbons (Fsp3) is 0.909. The van der Waals surface area contributed by atoms with Crippen LogP contribution in [-0.2, 0) is 14.3 Å². The molecule has 0 aromatic carbocycles. The van der Waals surface area contributed by atoms with Gasteiger partial charge >= 0.3 is 5.97 Å². The molecule has 0 saturated carbocycles. The molecule has 15 heavy (non-hydrogen) atoms. The van der Waals surface area contributed by atoms with Crippen LogP contribution in [0.15, 0.2) is 0 Å². The normalized spacial score (nSPS) is 28.5. The number of hydrogen-bond acceptors (Lipinski definition) is 4. The van der Waals surface area contributed by atoms with Gasteiger partial charge in [-0.25, -0.2) is 4.79 Å². The minimum absolute atomic E-state index is 0.123. The van der Waals surface area contributed by atoms with Crippen LogP contribution in [0.3, 0.4) is 0 Å². The second-order valence-corrected chi connectivity index (χ2v) is 4.04. The van der Waals surface area contributed by atoms with Gasteiger partial charge in [-0.15, -0.1) is 0 Å². The molecule has 4 nitrogen and oxygen atoms in total. The Labute approximate surface area is 91.3 Å². The van der Waals surface area contributed by atoms with Gasteiger partial charge in [-0.3, -0.25) is 0 Å². The van der Waals surface area contributed by atoms with Gasteiger partial charge in [-0.05, 0) is 32.7 Å². The van der Waals surface area contributed by atoms with E-state index in [0.717, 1.165) is 19.5 Å². The summed E-state index contributed by atoms with van der Waals surface area (Å²) in [6.07, 6.45) is 0.760. The summed E-state index contributed by atoms with van der Waals surface area (Å²) in [5.74, 6) is 0.235. The lowest BCUT2D eigenvalue weighted by molar-refractivity contribution is -0.161. The van der Waals surface area contributed by atoms with Crippen molar-refractivity contribution in [3.8, 4) is 0 Å².